The second kappa shape index (κ2) is 5.95. The summed E-state index contributed by atoms with van der Waals surface area (Å²) in [6.45, 7) is 2.38. The van der Waals surface area contributed by atoms with Crippen molar-refractivity contribution in [3.05, 3.63) is 36.4 Å². The Bertz CT molecular complexity index is 739. The lowest BCUT2D eigenvalue weighted by atomic mass is 10.3. The average molecular weight is 335 g/mol. The average Bonchev–Trinajstić information content (AvgIpc) is 2.84. The molecule has 0 fully saturated rings. The Hall–Kier alpha value is -2.10. The van der Waals surface area contributed by atoms with Gasteiger partial charge < -0.3 is 4.74 Å². The number of hydrogen-bond acceptors (Lipinski definition) is 5. The molecule has 0 saturated carbocycles. The van der Waals surface area contributed by atoms with Gasteiger partial charge in [0.25, 0.3) is 0 Å². The minimum absolute atomic E-state index is 0.123. The molecule has 0 radical (unpaired) electrons. The highest BCUT2D eigenvalue weighted by Crippen LogP contribution is 2.24. The van der Waals surface area contributed by atoms with Gasteiger partial charge in [0.2, 0.25) is 0 Å². The summed E-state index contributed by atoms with van der Waals surface area (Å²) in [5.41, 5.74) is 0. The molecule has 120 valence electrons. The maximum atomic E-state index is 12.1. The van der Waals surface area contributed by atoms with Gasteiger partial charge in [0.15, 0.2) is 15.7 Å². The van der Waals surface area contributed by atoms with Crippen LogP contribution >= 0.6 is 0 Å². The van der Waals surface area contributed by atoms with E-state index in [4.69, 9.17) is 0 Å². The Balaban J connectivity index is 2.15. The fourth-order valence-electron chi connectivity index (χ4n) is 1.65. The van der Waals surface area contributed by atoms with Crippen molar-refractivity contribution in [3.63, 3.8) is 0 Å². The number of hydrogen-bond donors (Lipinski definition) is 0. The van der Waals surface area contributed by atoms with Crippen molar-refractivity contribution in [1.82, 2.24) is 14.8 Å². The Labute approximate surface area is 124 Å². The highest BCUT2D eigenvalue weighted by atomic mass is 32.2. The topological polar surface area (TPSA) is 74.1 Å². The lowest BCUT2D eigenvalue weighted by Crippen LogP contribution is -2.17. The number of aryl methyl sites for hydroxylation is 1. The molecule has 2 rings (SSSR count). The standard InChI is InChI=1S/C12H12F3N3O3S/c1-2-18-8-16-11(17-18)7-22(19,20)10-5-3-9(4-6-10)21-12(13,14)15/h3-6,8H,2,7H2,1H3. The SMILES string of the molecule is CCn1cnc(CS(=O)(=O)c2ccc(OC(F)(F)F)cc2)n1. The number of sulfone groups is 1. The van der Waals surface area contributed by atoms with E-state index in [1.807, 2.05) is 6.92 Å². The van der Waals surface area contributed by atoms with Crippen molar-refractivity contribution in [2.45, 2.75) is 30.5 Å². The third-order valence-corrected chi connectivity index (χ3v) is 4.27. The van der Waals surface area contributed by atoms with Gasteiger partial charge in [-0.1, -0.05) is 0 Å². The normalized spacial score (nSPS) is 12.4. The zero-order chi connectivity index (χ0) is 16.4. The number of nitrogens with zero attached hydrogens (tertiary/aromatic N) is 3. The first-order valence-electron chi connectivity index (χ1n) is 6.16. The second-order valence-electron chi connectivity index (χ2n) is 4.29. The Morgan fingerprint density at radius 2 is 1.86 bits per heavy atom. The van der Waals surface area contributed by atoms with E-state index in [0.29, 0.717) is 6.54 Å². The van der Waals surface area contributed by atoms with E-state index in [9.17, 15) is 21.6 Å². The van der Waals surface area contributed by atoms with Gasteiger partial charge in [-0.3, -0.25) is 4.68 Å². The van der Waals surface area contributed by atoms with Crippen molar-refractivity contribution in [3.8, 4) is 5.75 Å². The molecule has 0 aliphatic carbocycles. The molecular formula is C12H12F3N3O3S. The number of alkyl halides is 3. The van der Waals surface area contributed by atoms with Gasteiger partial charge in [0.1, 0.15) is 17.8 Å². The van der Waals surface area contributed by atoms with Crippen LogP contribution in [-0.2, 0) is 22.1 Å². The van der Waals surface area contributed by atoms with E-state index in [1.54, 1.807) is 0 Å². The molecular weight excluding hydrogens is 323 g/mol. The van der Waals surface area contributed by atoms with E-state index in [2.05, 4.69) is 14.8 Å². The number of benzene rings is 1. The molecule has 22 heavy (non-hydrogen) atoms. The van der Waals surface area contributed by atoms with Crippen molar-refractivity contribution < 1.29 is 26.3 Å². The Morgan fingerprint density at radius 1 is 1.23 bits per heavy atom. The molecule has 0 spiro atoms. The smallest absolute Gasteiger partial charge is 0.406 e. The van der Waals surface area contributed by atoms with E-state index in [-0.39, 0.29) is 10.7 Å². The molecule has 10 heteroatoms. The van der Waals surface area contributed by atoms with Gasteiger partial charge in [-0.25, -0.2) is 13.4 Å². The molecule has 0 bridgehead atoms. The lowest BCUT2D eigenvalue weighted by molar-refractivity contribution is -0.274. The summed E-state index contributed by atoms with van der Waals surface area (Å²) in [6, 6.07) is 3.98. The quantitative estimate of drug-likeness (QED) is 0.837. The van der Waals surface area contributed by atoms with Crippen LogP contribution in [0.5, 0.6) is 5.75 Å². The first-order valence-corrected chi connectivity index (χ1v) is 7.82. The maximum absolute atomic E-state index is 12.1. The third-order valence-electron chi connectivity index (χ3n) is 2.64. The van der Waals surface area contributed by atoms with Crippen LogP contribution in [0.25, 0.3) is 0 Å². The van der Waals surface area contributed by atoms with Crippen LogP contribution in [0.3, 0.4) is 0 Å². The van der Waals surface area contributed by atoms with Crippen LogP contribution < -0.4 is 4.74 Å². The largest absolute Gasteiger partial charge is 0.573 e. The second-order valence-corrected chi connectivity index (χ2v) is 6.28. The molecule has 0 saturated heterocycles. The maximum Gasteiger partial charge on any atom is 0.573 e. The summed E-state index contributed by atoms with van der Waals surface area (Å²) >= 11 is 0. The zero-order valence-corrected chi connectivity index (χ0v) is 12.2. The van der Waals surface area contributed by atoms with Gasteiger partial charge in [0, 0.05) is 6.54 Å². The van der Waals surface area contributed by atoms with Crippen LogP contribution in [0, 0.1) is 0 Å². The minimum Gasteiger partial charge on any atom is -0.406 e. The molecule has 1 aromatic heterocycles. The first-order chi connectivity index (χ1) is 10.2. The molecule has 1 heterocycles. The van der Waals surface area contributed by atoms with E-state index in [0.717, 1.165) is 24.3 Å². The van der Waals surface area contributed by atoms with Crippen molar-refractivity contribution in [2.24, 2.45) is 0 Å². The molecule has 6 nitrogen and oxygen atoms in total. The highest BCUT2D eigenvalue weighted by molar-refractivity contribution is 7.90. The van der Waals surface area contributed by atoms with Gasteiger partial charge in [-0.2, -0.15) is 5.10 Å². The van der Waals surface area contributed by atoms with Crippen LogP contribution in [0.15, 0.2) is 35.5 Å². The van der Waals surface area contributed by atoms with Gasteiger partial charge in [0.05, 0.1) is 4.90 Å². The Kier molecular flexibility index (Phi) is 4.40. The summed E-state index contributed by atoms with van der Waals surface area (Å²) in [6.07, 6.45) is -3.41. The van der Waals surface area contributed by atoms with Gasteiger partial charge in [-0.15, -0.1) is 13.2 Å². The predicted molar refractivity (Wildman–Crippen MR) is 69.7 cm³/mol. The molecule has 0 amide bonds. The molecule has 0 unspecified atom stereocenters. The molecule has 0 aliphatic rings. The van der Waals surface area contributed by atoms with Crippen LogP contribution in [0.1, 0.15) is 12.7 Å². The highest BCUT2D eigenvalue weighted by Gasteiger charge is 2.31. The van der Waals surface area contributed by atoms with Crippen LogP contribution in [0.4, 0.5) is 13.2 Å². The Morgan fingerprint density at radius 3 is 2.36 bits per heavy atom. The van der Waals surface area contributed by atoms with Gasteiger partial charge >= 0.3 is 6.36 Å². The third kappa shape index (κ3) is 4.20. The zero-order valence-electron chi connectivity index (χ0n) is 11.4. The number of aromatic nitrogens is 3. The molecule has 0 N–H and O–H groups in total. The predicted octanol–water partition coefficient (Wildman–Crippen LogP) is 2.17. The molecule has 2 aromatic rings. The first kappa shape index (κ1) is 16.3. The van der Waals surface area contributed by atoms with E-state index >= 15 is 0 Å². The monoisotopic (exact) mass is 335 g/mol. The van der Waals surface area contributed by atoms with Crippen molar-refractivity contribution in [1.29, 1.82) is 0 Å². The summed E-state index contributed by atoms with van der Waals surface area (Å²) in [7, 11) is -3.74. The van der Waals surface area contributed by atoms with E-state index < -0.39 is 27.7 Å². The summed E-state index contributed by atoms with van der Waals surface area (Å²) in [4.78, 5) is 3.73. The number of rotatable bonds is 5. The minimum atomic E-state index is -4.82. The van der Waals surface area contributed by atoms with Crippen molar-refractivity contribution in [2.75, 3.05) is 0 Å². The molecule has 0 atom stereocenters. The van der Waals surface area contributed by atoms with Gasteiger partial charge in [-0.05, 0) is 31.2 Å². The summed E-state index contributed by atoms with van der Waals surface area (Å²) < 4.78 is 65.6. The number of halogens is 3. The molecule has 0 aliphatic heterocycles. The lowest BCUT2D eigenvalue weighted by Gasteiger charge is -2.09. The van der Waals surface area contributed by atoms with Crippen LogP contribution in [-0.4, -0.2) is 29.5 Å². The van der Waals surface area contributed by atoms with Crippen molar-refractivity contribution >= 4 is 9.84 Å². The molecule has 1 aromatic carbocycles. The van der Waals surface area contributed by atoms with E-state index in [1.165, 1.54) is 11.0 Å². The summed E-state index contributed by atoms with van der Waals surface area (Å²) in [5.74, 6) is -0.795. The summed E-state index contributed by atoms with van der Waals surface area (Å²) in [5, 5.41) is 3.96. The fraction of sp³-hybridized carbons (Fsp3) is 0.333. The number of ether oxygens (including phenoxy) is 1. The van der Waals surface area contributed by atoms with Crippen LogP contribution in [0.2, 0.25) is 0 Å². The fourth-order valence-corrected chi connectivity index (χ4v) is 2.84.